The maximum absolute atomic E-state index is 5.66. The highest BCUT2D eigenvalue weighted by molar-refractivity contribution is 5.04. The summed E-state index contributed by atoms with van der Waals surface area (Å²) in [5.41, 5.74) is 0.871. The number of hydrogen-bond donors (Lipinski definition) is 0. The normalized spacial score (nSPS) is 20.2. The lowest BCUT2D eigenvalue weighted by Crippen LogP contribution is -2.22. The molecule has 0 radical (unpaired) electrons. The molecule has 0 saturated carbocycles. The molecule has 102 valence electrons. The van der Waals surface area contributed by atoms with Gasteiger partial charge in [0.1, 0.15) is 11.5 Å². The smallest absolute Gasteiger partial charge is 0.158 e. The highest BCUT2D eigenvalue weighted by Gasteiger charge is 2.15. The van der Waals surface area contributed by atoms with Crippen molar-refractivity contribution in [3.05, 3.63) is 17.5 Å². The van der Waals surface area contributed by atoms with Gasteiger partial charge in [-0.25, -0.2) is 0 Å². The van der Waals surface area contributed by atoms with E-state index in [1.54, 1.807) is 0 Å². The standard InChI is InChI=1S/C14H23NO3/c1-2-3-4-7-13-10-12(15-18-13)11-17-14-8-5-6-9-16-14/h10,14H,2-9,11H2,1H3. The SMILES string of the molecule is CCCCCc1cc(COC2CCCCO2)no1. The number of unbranched alkanes of at least 4 members (excludes halogenated alkanes) is 2. The minimum absolute atomic E-state index is 0.0565. The molecule has 1 aromatic rings. The van der Waals surface area contributed by atoms with Crippen LogP contribution in [-0.4, -0.2) is 18.1 Å². The van der Waals surface area contributed by atoms with Crippen molar-refractivity contribution in [3.8, 4) is 0 Å². The van der Waals surface area contributed by atoms with E-state index in [0.717, 1.165) is 43.7 Å². The van der Waals surface area contributed by atoms with E-state index >= 15 is 0 Å². The van der Waals surface area contributed by atoms with Crippen LogP contribution in [0.1, 0.15) is 56.9 Å². The molecule has 0 N–H and O–H groups in total. The lowest BCUT2D eigenvalue weighted by molar-refractivity contribution is -0.169. The highest BCUT2D eigenvalue weighted by atomic mass is 16.7. The van der Waals surface area contributed by atoms with Gasteiger partial charge in [0.15, 0.2) is 6.29 Å². The van der Waals surface area contributed by atoms with Gasteiger partial charge in [0.05, 0.1) is 6.61 Å². The van der Waals surface area contributed by atoms with Crippen LogP contribution in [0.25, 0.3) is 0 Å². The third-order valence-corrected chi connectivity index (χ3v) is 3.19. The summed E-state index contributed by atoms with van der Waals surface area (Å²) >= 11 is 0. The molecule has 4 heteroatoms. The van der Waals surface area contributed by atoms with Crippen molar-refractivity contribution in [2.24, 2.45) is 0 Å². The fraction of sp³-hybridized carbons (Fsp3) is 0.786. The topological polar surface area (TPSA) is 44.5 Å². The van der Waals surface area contributed by atoms with Crippen molar-refractivity contribution in [1.29, 1.82) is 0 Å². The Morgan fingerprint density at radius 2 is 2.33 bits per heavy atom. The predicted octanol–water partition coefficient (Wildman–Crippen LogP) is 3.45. The number of nitrogens with zero attached hydrogens (tertiary/aromatic N) is 1. The highest BCUT2D eigenvalue weighted by Crippen LogP contribution is 2.16. The number of rotatable bonds is 7. The Bertz CT molecular complexity index is 332. The fourth-order valence-electron chi connectivity index (χ4n) is 2.11. The van der Waals surface area contributed by atoms with Crippen LogP contribution >= 0.6 is 0 Å². The van der Waals surface area contributed by atoms with Gasteiger partial charge in [0, 0.05) is 19.1 Å². The van der Waals surface area contributed by atoms with E-state index in [1.807, 2.05) is 6.07 Å². The lowest BCUT2D eigenvalue weighted by Gasteiger charge is -2.21. The first-order valence-corrected chi connectivity index (χ1v) is 7.06. The van der Waals surface area contributed by atoms with E-state index in [-0.39, 0.29) is 6.29 Å². The third-order valence-electron chi connectivity index (χ3n) is 3.19. The van der Waals surface area contributed by atoms with Gasteiger partial charge >= 0.3 is 0 Å². The summed E-state index contributed by atoms with van der Waals surface area (Å²) in [4.78, 5) is 0. The molecule has 1 aliphatic heterocycles. The van der Waals surface area contributed by atoms with E-state index in [1.165, 1.54) is 19.3 Å². The lowest BCUT2D eigenvalue weighted by atomic mass is 10.2. The number of aromatic nitrogens is 1. The van der Waals surface area contributed by atoms with E-state index in [4.69, 9.17) is 14.0 Å². The van der Waals surface area contributed by atoms with Gasteiger partial charge in [-0.15, -0.1) is 0 Å². The molecule has 0 aliphatic carbocycles. The van der Waals surface area contributed by atoms with Gasteiger partial charge in [-0.05, 0) is 25.7 Å². The monoisotopic (exact) mass is 253 g/mol. The first kappa shape index (κ1) is 13.6. The van der Waals surface area contributed by atoms with Gasteiger partial charge in [0.25, 0.3) is 0 Å². The molecule has 1 saturated heterocycles. The molecule has 1 fully saturated rings. The third kappa shape index (κ3) is 4.42. The van der Waals surface area contributed by atoms with Crippen LogP contribution in [0.2, 0.25) is 0 Å². The predicted molar refractivity (Wildman–Crippen MR) is 68.1 cm³/mol. The molecule has 1 atom stereocenters. The first-order chi connectivity index (χ1) is 8.88. The van der Waals surface area contributed by atoms with Crippen LogP contribution in [0.5, 0.6) is 0 Å². The van der Waals surface area contributed by atoms with E-state index < -0.39 is 0 Å². The maximum atomic E-state index is 5.66. The molecular weight excluding hydrogens is 230 g/mol. The average Bonchev–Trinajstić information content (AvgIpc) is 2.86. The van der Waals surface area contributed by atoms with Crippen molar-refractivity contribution < 1.29 is 14.0 Å². The zero-order valence-electron chi connectivity index (χ0n) is 11.2. The Morgan fingerprint density at radius 3 is 3.11 bits per heavy atom. The Kier molecular flexibility index (Phi) is 5.68. The number of hydrogen-bond acceptors (Lipinski definition) is 4. The molecule has 1 aliphatic rings. The zero-order chi connectivity index (χ0) is 12.6. The summed E-state index contributed by atoms with van der Waals surface area (Å²) in [6.45, 7) is 3.50. The minimum Gasteiger partial charge on any atom is -0.361 e. The van der Waals surface area contributed by atoms with Crippen LogP contribution in [0.3, 0.4) is 0 Å². The minimum atomic E-state index is -0.0565. The Balaban J connectivity index is 1.69. The summed E-state index contributed by atoms with van der Waals surface area (Å²) < 4.78 is 16.4. The van der Waals surface area contributed by atoms with Crippen molar-refractivity contribution in [1.82, 2.24) is 5.16 Å². The van der Waals surface area contributed by atoms with Crippen LogP contribution in [-0.2, 0) is 22.5 Å². The largest absolute Gasteiger partial charge is 0.361 e. The molecule has 0 amide bonds. The molecule has 2 rings (SSSR count). The van der Waals surface area contributed by atoms with E-state index in [0.29, 0.717) is 6.61 Å². The van der Waals surface area contributed by atoms with E-state index in [9.17, 15) is 0 Å². The molecule has 0 aromatic carbocycles. The molecule has 2 heterocycles. The van der Waals surface area contributed by atoms with Crippen LogP contribution in [0, 0.1) is 0 Å². The molecule has 18 heavy (non-hydrogen) atoms. The van der Waals surface area contributed by atoms with Gasteiger partial charge in [-0.1, -0.05) is 24.9 Å². The van der Waals surface area contributed by atoms with Crippen molar-refractivity contribution in [2.75, 3.05) is 6.61 Å². The molecule has 0 spiro atoms. The Labute approximate surface area is 109 Å². The van der Waals surface area contributed by atoms with Crippen molar-refractivity contribution >= 4 is 0 Å². The second kappa shape index (κ2) is 7.54. The van der Waals surface area contributed by atoms with Crippen molar-refractivity contribution in [3.63, 3.8) is 0 Å². The summed E-state index contributed by atoms with van der Waals surface area (Å²) in [5.74, 6) is 0.964. The fourth-order valence-corrected chi connectivity index (χ4v) is 2.11. The summed E-state index contributed by atoms with van der Waals surface area (Å²) in [6.07, 6.45) is 7.86. The van der Waals surface area contributed by atoms with Gasteiger partial charge in [-0.3, -0.25) is 0 Å². The molecule has 1 aromatic heterocycles. The van der Waals surface area contributed by atoms with Gasteiger partial charge in [-0.2, -0.15) is 0 Å². The molecular formula is C14H23NO3. The van der Waals surface area contributed by atoms with Gasteiger partial charge < -0.3 is 14.0 Å². The quantitative estimate of drug-likeness (QED) is 0.698. The van der Waals surface area contributed by atoms with E-state index in [2.05, 4.69) is 12.1 Å². The first-order valence-electron chi connectivity index (χ1n) is 7.06. The van der Waals surface area contributed by atoms with Crippen LogP contribution in [0.15, 0.2) is 10.6 Å². The summed E-state index contributed by atoms with van der Waals surface area (Å²) in [7, 11) is 0. The van der Waals surface area contributed by atoms with Crippen molar-refractivity contribution in [2.45, 2.75) is 64.8 Å². The zero-order valence-corrected chi connectivity index (χ0v) is 11.2. The van der Waals surface area contributed by atoms with Gasteiger partial charge in [0.2, 0.25) is 0 Å². The molecule has 0 bridgehead atoms. The average molecular weight is 253 g/mol. The van der Waals surface area contributed by atoms with Crippen LogP contribution in [0.4, 0.5) is 0 Å². The van der Waals surface area contributed by atoms with Crippen LogP contribution < -0.4 is 0 Å². The molecule has 4 nitrogen and oxygen atoms in total. The Morgan fingerprint density at radius 1 is 1.39 bits per heavy atom. The summed E-state index contributed by atoms with van der Waals surface area (Å²) in [6, 6.07) is 2.00. The number of ether oxygens (including phenoxy) is 2. The second-order valence-electron chi connectivity index (χ2n) is 4.85. The summed E-state index contributed by atoms with van der Waals surface area (Å²) in [5, 5.41) is 4.02. The number of aryl methyl sites for hydroxylation is 1. The second-order valence-corrected chi connectivity index (χ2v) is 4.85. The molecule has 1 unspecified atom stereocenters. The maximum Gasteiger partial charge on any atom is 0.158 e. The Hall–Kier alpha value is -0.870.